The number of nitrogens with one attached hydrogen (secondary N) is 2. The Morgan fingerprint density at radius 3 is 2.70 bits per heavy atom. The SMILES string of the molecule is Cc1[nH]nc(S(=O)(=O)NCC2CCN(C)CC2)c1CO. The van der Waals surface area contributed by atoms with Crippen molar-refractivity contribution in [3.63, 3.8) is 0 Å². The van der Waals surface area contributed by atoms with E-state index in [1.54, 1.807) is 6.92 Å². The highest BCUT2D eigenvalue weighted by atomic mass is 32.2. The molecule has 1 aromatic rings. The van der Waals surface area contributed by atoms with E-state index in [0.717, 1.165) is 25.9 Å². The molecule has 1 aromatic heterocycles. The van der Waals surface area contributed by atoms with Crippen LogP contribution in [0.15, 0.2) is 5.03 Å². The fourth-order valence-corrected chi connectivity index (χ4v) is 3.70. The normalized spacial score (nSPS) is 18.6. The number of aliphatic hydroxyl groups excluding tert-OH is 1. The van der Waals surface area contributed by atoms with Gasteiger partial charge in [-0.05, 0) is 45.8 Å². The summed E-state index contributed by atoms with van der Waals surface area (Å²) >= 11 is 0. The van der Waals surface area contributed by atoms with Gasteiger partial charge in [-0.3, -0.25) is 5.10 Å². The Morgan fingerprint density at radius 2 is 2.10 bits per heavy atom. The molecule has 1 fully saturated rings. The molecule has 7 nitrogen and oxygen atoms in total. The van der Waals surface area contributed by atoms with Crippen molar-refractivity contribution in [2.45, 2.75) is 31.4 Å². The first-order valence-electron chi connectivity index (χ1n) is 6.77. The van der Waals surface area contributed by atoms with E-state index in [4.69, 9.17) is 0 Å². The van der Waals surface area contributed by atoms with Gasteiger partial charge in [0.05, 0.1) is 6.61 Å². The number of nitrogens with zero attached hydrogens (tertiary/aromatic N) is 2. The van der Waals surface area contributed by atoms with Gasteiger partial charge in [0.25, 0.3) is 10.0 Å². The van der Waals surface area contributed by atoms with Crippen LogP contribution >= 0.6 is 0 Å². The number of hydrogen-bond acceptors (Lipinski definition) is 5. The van der Waals surface area contributed by atoms with Crippen molar-refractivity contribution in [2.75, 3.05) is 26.7 Å². The van der Waals surface area contributed by atoms with Gasteiger partial charge in [0.1, 0.15) is 0 Å². The Kier molecular flexibility index (Phi) is 4.79. The minimum Gasteiger partial charge on any atom is -0.392 e. The summed E-state index contributed by atoms with van der Waals surface area (Å²) in [7, 11) is -1.59. The number of aromatic nitrogens is 2. The number of piperidine rings is 1. The summed E-state index contributed by atoms with van der Waals surface area (Å²) in [4.78, 5) is 2.24. The molecule has 2 rings (SSSR count). The van der Waals surface area contributed by atoms with Gasteiger partial charge in [0.2, 0.25) is 0 Å². The summed E-state index contributed by atoms with van der Waals surface area (Å²) in [6, 6.07) is 0. The van der Waals surface area contributed by atoms with E-state index >= 15 is 0 Å². The zero-order chi connectivity index (χ0) is 14.8. The third kappa shape index (κ3) is 3.38. The van der Waals surface area contributed by atoms with Crippen LogP contribution in [0, 0.1) is 12.8 Å². The number of hydrogen-bond donors (Lipinski definition) is 3. The lowest BCUT2D eigenvalue weighted by Crippen LogP contribution is -2.37. The molecule has 0 aliphatic carbocycles. The lowest BCUT2D eigenvalue weighted by atomic mass is 9.98. The van der Waals surface area contributed by atoms with Crippen molar-refractivity contribution >= 4 is 10.0 Å². The second-order valence-corrected chi connectivity index (χ2v) is 7.07. The predicted molar refractivity (Wildman–Crippen MR) is 74.7 cm³/mol. The smallest absolute Gasteiger partial charge is 0.260 e. The van der Waals surface area contributed by atoms with Crippen LogP contribution in [-0.2, 0) is 16.6 Å². The molecule has 0 bridgehead atoms. The van der Waals surface area contributed by atoms with E-state index in [-0.39, 0.29) is 11.6 Å². The van der Waals surface area contributed by atoms with Gasteiger partial charge >= 0.3 is 0 Å². The molecule has 0 saturated carbocycles. The predicted octanol–water partition coefficient (Wildman–Crippen LogP) is -0.169. The van der Waals surface area contributed by atoms with Gasteiger partial charge in [-0.15, -0.1) is 0 Å². The van der Waals surface area contributed by atoms with Gasteiger partial charge in [-0.1, -0.05) is 0 Å². The van der Waals surface area contributed by atoms with Crippen LogP contribution in [0.1, 0.15) is 24.1 Å². The molecule has 8 heteroatoms. The maximum atomic E-state index is 12.2. The molecule has 1 aliphatic heterocycles. The van der Waals surface area contributed by atoms with Gasteiger partial charge < -0.3 is 10.0 Å². The molecule has 0 aromatic carbocycles. The minimum atomic E-state index is -3.66. The average molecular weight is 302 g/mol. The summed E-state index contributed by atoms with van der Waals surface area (Å²) in [5, 5.41) is 15.5. The quantitative estimate of drug-likeness (QED) is 0.701. The Bertz CT molecular complexity index is 547. The lowest BCUT2D eigenvalue weighted by Gasteiger charge is -2.28. The number of aromatic amines is 1. The molecular weight excluding hydrogens is 280 g/mol. The van der Waals surface area contributed by atoms with Crippen LogP contribution in [0.2, 0.25) is 0 Å². The second-order valence-electron chi connectivity index (χ2n) is 5.39. The second kappa shape index (κ2) is 6.21. The number of rotatable bonds is 5. The molecule has 1 aliphatic rings. The Labute approximate surface area is 119 Å². The lowest BCUT2D eigenvalue weighted by molar-refractivity contribution is 0.220. The molecule has 114 valence electrons. The molecule has 0 unspecified atom stereocenters. The van der Waals surface area contributed by atoms with Crippen molar-refractivity contribution in [3.8, 4) is 0 Å². The molecule has 3 N–H and O–H groups in total. The summed E-state index contributed by atoms with van der Waals surface area (Å²) in [5.41, 5.74) is 0.910. The highest BCUT2D eigenvalue weighted by Gasteiger charge is 2.25. The van der Waals surface area contributed by atoms with Gasteiger partial charge in [-0.2, -0.15) is 5.10 Å². The third-order valence-electron chi connectivity index (χ3n) is 3.85. The van der Waals surface area contributed by atoms with E-state index in [1.807, 2.05) is 0 Å². The van der Waals surface area contributed by atoms with Crippen LogP contribution < -0.4 is 4.72 Å². The molecule has 0 radical (unpaired) electrons. The van der Waals surface area contributed by atoms with E-state index in [9.17, 15) is 13.5 Å². The van der Waals surface area contributed by atoms with Gasteiger partial charge in [0.15, 0.2) is 5.03 Å². The highest BCUT2D eigenvalue weighted by molar-refractivity contribution is 7.89. The number of H-pyrrole nitrogens is 1. The topological polar surface area (TPSA) is 98.3 Å². The molecule has 20 heavy (non-hydrogen) atoms. The monoisotopic (exact) mass is 302 g/mol. The molecule has 0 atom stereocenters. The van der Waals surface area contributed by atoms with Gasteiger partial charge in [-0.25, -0.2) is 13.1 Å². The summed E-state index contributed by atoms with van der Waals surface area (Å²) in [6.07, 6.45) is 1.98. The molecule has 0 spiro atoms. The Morgan fingerprint density at radius 1 is 1.45 bits per heavy atom. The van der Waals surface area contributed by atoms with Crippen molar-refractivity contribution < 1.29 is 13.5 Å². The Balaban J connectivity index is 2.00. The van der Waals surface area contributed by atoms with Gasteiger partial charge in [0, 0.05) is 17.8 Å². The average Bonchev–Trinajstić information content (AvgIpc) is 2.80. The third-order valence-corrected chi connectivity index (χ3v) is 5.24. The van der Waals surface area contributed by atoms with E-state index in [2.05, 4.69) is 26.9 Å². The zero-order valence-corrected chi connectivity index (χ0v) is 12.7. The maximum Gasteiger partial charge on any atom is 0.260 e. The summed E-state index contributed by atoms with van der Waals surface area (Å²) in [5.74, 6) is 0.360. The van der Waals surface area contributed by atoms with Crippen LogP contribution in [0.5, 0.6) is 0 Å². The highest BCUT2D eigenvalue weighted by Crippen LogP contribution is 2.18. The van der Waals surface area contributed by atoms with Crippen LogP contribution in [0.4, 0.5) is 0 Å². The number of aliphatic hydroxyl groups is 1. The molecule has 0 amide bonds. The fraction of sp³-hybridized carbons (Fsp3) is 0.750. The first-order chi connectivity index (χ1) is 9.44. The maximum absolute atomic E-state index is 12.2. The minimum absolute atomic E-state index is 0.0922. The van der Waals surface area contributed by atoms with Crippen molar-refractivity contribution in [1.29, 1.82) is 0 Å². The van der Waals surface area contributed by atoms with Crippen molar-refractivity contribution in [1.82, 2.24) is 19.8 Å². The number of likely N-dealkylation sites (tertiary alicyclic amines) is 1. The first-order valence-corrected chi connectivity index (χ1v) is 8.25. The zero-order valence-electron chi connectivity index (χ0n) is 11.9. The standard InChI is InChI=1S/C12H22N4O3S/c1-9-11(8-17)12(15-14-9)20(18,19)13-7-10-3-5-16(2)6-4-10/h10,13,17H,3-8H2,1-2H3,(H,14,15). The van der Waals surface area contributed by atoms with Crippen molar-refractivity contribution in [2.24, 2.45) is 5.92 Å². The van der Waals surface area contributed by atoms with Crippen LogP contribution in [0.3, 0.4) is 0 Å². The van der Waals surface area contributed by atoms with E-state index in [0.29, 0.717) is 23.7 Å². The fourth-order valence-electron chi connectivity index (χ4n) is 2.40. The van der Waals surface area contributed by atoms with E-state index in [1.165, 1.54) is 0 Å². The summed E-state index contributed by atoms with van der Waals surface area (Å²) < 4.78 is 27.0. The number of sulfonamides is 1. The Hall–Kier alpha value is -0.960. The van der Waals surface area contributed by atoms with Crippen LogP contribution in [-0.4, -0.2) is 55.3 Å². The molecule has 1 saturated heterocycles. The van der Waals surface area contributed by atoms with E-state index < -0.39 is 10.0 Å². The molecular formula is C12H22N4O3S. The first kappa shape index (κ1) is 15.4. The largest absolute Gasteiger partial charge is 0.392 e. The summed E-state index contributed by atoms with van der Waals surface area (Å²) in [6.45, 7) is 3.76. The van der Waals surface area contributed by atoms with Crippen molar-refractivity contribution in [3.05, 3.63) is 11.3 Å². The van der Waals surface area contributed by atoms with Crippen LogP contribution in [0.25, 0.3) is 0 Å². The number of aryl methyl sites for hydroxylation is 1. The molecule has 2 heterocycles.